The minimum Gasteiger partial charge on any atom is -0.496 e. The largest absolute Gasteiger partial charge is 0.496 e. The molecule has 0 saturated carbocycles. The van der Waals surface area contributed by atoms with Crippen molar-refractivity contribution in [3.8, 4) is 5.75 Å². The zero-order chi connectivity index (χ0) is 12.9. The van der Waals surface area contributed by atoms with Gasteiger partial charge in [-0.3, -0.25) is 0 Å². The lowest BCUT2D eigenvalue weighted by Crippen LogP contribution is -2.24. The molecule has 0 amide bonds. The van der Waals surface area contributed by atoms with Crippen LogP contribution in [-0.2, 0) is 6.42 Å². The molecule has 0 N–H and O–H groups in total. The maximum Gasteiger partial charge on any atom is 0.122 e. The summed E-state index contributed by atoms with van der Waals surface area (Å²) in [5.41, 5.74) is 2.98. The Kier molecular flexibility index (Phi) is 5.51. The Labute approximate surface area is 114 Å². The molecule has 0 aromatic heterocycles. The molecule has 0 spiro atoms. The summed E-state index contributed by atoms with van der Waals surface area (Å²) in [4.78, 5) is 0. The average Bonchev–Trinajstić information content (AvgIpc) is 2.36. The van der Waals surface area contributed by atoms with E-state index in [2.05, 4.69) is 54.9 Å². The van der Waals surface area contributed by atoms with Crippen LogP contribution in [0.5, 0.6) is 5.75 Å². The number of rotatable bonds is 6. The highest BCUT2D eigenvalue weighted by Gasteiger charge is 2.26. The van der Waals surface area contributed by atoms with Crippen LogP contribution >= 0.6 is 15.9 Å². The second kappa shape index (κ2) is 6.44. The Morgan fingerprint density at radius 3 is 2.35 bits per heavy atom. The Hall–Kier alpha value is -0.500. The molecule has 0 fully saturated rings. The lowest BCUT2D eigenvalue weighted by molar-refractivity contribution is 0.300. The van der Waals surface area contributed by atoms with Gasteiger partial charge in [0.05, 0.1) is 7.11 Å². The molecule has 0 aliphatic rings. The molecule has 0 heterocycles. The third kappa shape index (κ3) is 3.48. The molecule has 0 saturated heterocycles. The first-order valence-electron chi connectivity index (χ1n) is 6.30. The van der Waals surface area contributed by atoms with Crippen molar-refractivity contribution in [1.29, 1.82) is 0 Å². The van der Waals surface area contributed by atoms with E-state index in [1.54, 1.807) is 7.11 Å². The van der Waals surface area contributed by atoms with Crippen LogP contribution in [0.2, 0.25) is 0 Å². The molecule has 1 aromatic rings. The van der Waals surface area contributed by atoms with E-state index in [1.165, 1.54) is 24.0 Å². The van der Waals surface area contributed by atoms with E-state index in [0.29, 0.717) is 5.41 Å². The Morgan fingerprint density at radius 2 is 1.88 bits per heavy atom. The van der Waals surface area contributed by atoms with Gasteiger partial charge in [0.15, 0.2) is 0 Å². The molecule has 0 radical (unpaired) electrons. The fourth-order valence-electron chi connectivity index (χ4n) is 2.19. The summed E-state index contributed by atoms with van der Waals surface area (Å²) >= 11 is 3.68. The first kappa shape index (κ1) is 14.6. The Morgan fingerprint density at radius 1 is 1.24 bits per heavy atom. The Balaban J connectivity index is 3.03. The highest BCUT2D eigenvalue weighted by molar-refractivity contribution is 9.09. The second-order valence-electron chi connectivity index (χ2n) is 4.83. The van der Waals surface area contributed by atoms with Gasteiger partial charge in [0, 0.05) is 5.33 Å². The normalized spacial score (nSPS) is 11.6. The van der Waals surface area contributed by atoms with Gasteiger partial charge in [-0.05, 0) is 43.2 Å². The number of hydrogen-bond donors (Lipinski definition) is 0. The molecule has 0 aliphatic carbocycles. The van der Waals surface area contributed by atoms with E-state index >= 15 is 0 Å². The summed E-state index contributed by atoms with van der Waals surface area (Å²) in [5.74, 6) is 1.02. The lowest BCUT2D eigenvalue weighted by Gasteiger charge is -2.30. The fraction of sp³-hybridized carbons (Fsp3) is 0.600. The maximum absolute atomic E-state index is 5.46. The van der Waals surface area contributed by atoms with Crippen molar-refractivity contribution in [2.45, 2.75) is 40.0 Å². The lowest BCUT2D eigenvalue weighted by atomic mass is 9.78. The van der Waals surface area contributed by atoms with Crippen LogP contribution in [0.25, 0.3) is 0 Å². The Bertz CT molecular complexity index is 348. The predicted molar refractivity (Wildman–Crippen MR) is 78.2 cm³/mol. The van der Waals surface area contributed by atoms with Gasteiger partial charge in [-0.2, -0.15) is 0 Å². The molecular weight excluding hydrogens is 276 g/mol. The van der Waals surface area contributed by atoms with E-state index in [0.717, 1.165) is 17.5 Å². The van der Waals surface area contributed by atoms with E-state index in [1.807, 2.05) is 0 Å². The van der Waals surface area contributed by atoms with Gasteiger partial charge in [-0.25, -0.2) is 0 Å². The highest BCUT2D eigenvalue weighted by Crippen LogP contribution is 2.36. The molecule has 1 aromatic carbocycles. The smallest absolute Gasteiger partial charge is 0.122 e. The summed E-state index contributed by atoms with van der Waals surface area (Å²) in [5, 5.41) is 1.05. The topological polar surface area (TPSA) is 9.23 Å². The number of methoxy groups -OCH3 is 1. The monoisotopic (exact) mass is 298 g/mol. The number of alkyl halides is 1. The first-order valence-corrected chi connectivity index (χ1v) is 7.42. The van der Waals surface area contributed by atoms with Gasteiger partial charge in [-0.1, -0.05) is 47.5 Å². The minimum atomic E-state index is 0.348. The van der Waals surface area contributed by atoms with Crippen LogP contribution in [0.1, 0.15) is 37.8 Å². The number of halogens is 1. The summed E-state index contributed by atoms with van der Waals surface area (Å²) in [6.45, 7) is 6.68. The van der Waals surface area contributed by atoms with Crippen molar-refractivity contribution in [3.63, 3.8) is 0 Å². The van der Waals surface area contributed by atoms with Crippen LogP contribution in [0.15, 0.2) is 18.2 Å². The number of ether oxygens (including phenoxy) is 1. The number of benzene rings is 1. The molecule has 0 aliphatic heterocycles. The van der Waals surface area contributed by atoms with Crippen molar-refractivity contribution >= 4 is 15.9 Å². The molecule has 0 atom stereocenters. The zero-order valence-corrected chi connectivity index (χ0v) is 12.9. The summed E-state index contributed by atoms with van der Waals surface area (Å²) in [7, 11) is 1.75. The van der Waals surface area contributed by atoms with Gasteiger partial charge in [0.2, 0.25) is 0 Å². The van der Waals surface area contributed by atoms with Crippen LogP contribution in [0, 0.1) is 12.3 Å². The van der Waals surface area contributed by atoms with Gasteiger partial charge < -0.3 is 4.74 Å². The van der Waals surface area contributed by atoms with Crippen molar-refractivity contribution in [1.82, 2.24) is 0 Å². The van der Waals surface area contributed by atoms with E-state index in [-0.39, 0.29) is 0 Å². The molecule has 1 nitrogen and oxygen atoms in total. The third-order valence-corrected chi connectivity index (χ3v) is 4.97. The van der Waals surface area contributed by atoms with Gasteiger partial charge >= 0.3 is 0 Å². The van der Waals surface area contributed by atoms with Gasteiger partial charge in [0.1, 0.15) is 5.75 Å². The number of aryl methyl sites for hydroxylation is 1. The summed E-state index contributed by atoms with van der Waals surface area (Å²) in [6, 6.07) is 6.44. The second-order valence-corrected chi connectivity index (χ2v) is 5.39. The maximum atomic E-state index is 5.46. The SMILES string of the molecule is CCC(CC)(CBr)Cc1cc(C)ccc1OC. The summed E-state index contributed by atoms with van der Waals surface area (Å²) in [6.07, 6.45) is 3.45. The van der Waals surface area contributed by atoms with E-state index in [9.17, 15) is 0 Å². The molecule has 0 bridgehead atoms. The molecule has 1 rings (SSSR count). The molecule has 96 valence electrons. The molecule has 2 heteroatoms. The van der Waals surface area contributed by atoms with Crippen molar-refractivity contribution < 1.29 is 4.74 Å². The van der Waals surface area contributed by atoms with Crippen LogP contribution < -0.4 is 4.74 Å². The third-order valence-electron chi connectivity index (χ3n) is 3.78. The molecule has 0 unspecified atom stereocenters. The quantitative estimate of drug-likeness (QED) is 0.689. The number of hydrogen-bond acceptors (Lipinski definition) is 1. The van der Waals surface area contributed by atoms with E-state index in [4.69, 9.17) is 4.74 Å². The first-order chi connectivity index (χ1) is 8.10. The van der Waals surface area contributed by atoms with Crippen molar-refractivity contribution in [2.24, 2.45) is 5.41 Å². The average molecular weight is 299 g/mol. The van der Waals surface area contributed by atoms with Crippen LogP contribution in [-0.4, -0.2) is 12.4 Å². The standard InChI is InChI=1S/C15H23BrO/c1-5-15(6-2,11-16)10-13-9-12(3)7-8-14(13)17-4/h7-9H,5-6,10-11H2,1-4H3. The predicted octanol–water partition coefficient (Wildman–Crippen LogP) is 4.75. The summed E-state index contributed by atoms with van der Waals surface area (Å²) < 4.78 is 5.46. The zero-order valence-electron chi connectivity index (χ0n) is 11.3. The van der Waals surface area contributed by atoms with E-state index < -0.39 is 0 Å². The van der Waals surface area contributed by atoms with Crippen LogP contribution in [0.3, 0.4) is 0 Å². The van der Waals surface area contributed by atoms with Gasteiger partial charge in [0.25, 0.3) is 0 Å². The molecule has 17 heavy (non-hydrogen) atoms. The molecular formula is C15H23BrO. The van der Waals surface area contributed by atoms with Crippen LogP contribution in [0.4, 0.5) is 0 Å². The fourth-order valence-corrected chi connectivity index (χ4v) is 3.18. The van der Waals surface area contributed by atoms with Crippen molar-refractivity contribution in [2.75, 3.05) is 12.4 Å². The van der Waals surface area contributed by atoms with Gasteiger partial charge in [-0.15, -0.1) is 0 Å². The minimum absolute atomic E-state index is 0.348. The highest BCUT2D eigenvalue weighted by atomic mass is 79.9. The van der Waals surface area contributed by atoms with Crippen molar-refractivity contribution in [3.05, 3.63) is 29.3 Å².